The lowest BCUT2D eigenvalue weighted by molar-refractivity contribution is -0.132. The molecule has 1 N–H and O–H groups in total. The van der Waals surface area contributed by atoms with Crippen LogP contribution in [0.2, 0.25) is 0 Å². The SMILES string of the molecule is O=C(NC1CCC1)[C@@H]1CN(Cc2ccsc2)C[C@H]2OCC[C@H]21. The van der Waals surface area contributed by atoms with Crippen LogP contribution >= 0.6 is 11.3 Å². The Hall–Kier alpha value is -0.910. The van der Waals surface area contributed by atoms with Crippen molar-refractivity contribution in [1.29, 1.82) is 0 Å². The molecule has 5 heteroatoms. The second-order valence-corrected chi connectivity index (χ2v) is 7.71. The zero-order valence-corrected chi connectivity index (χ0v) is 13.7. The largest absolute Gasteiger partial charge is 0.377 e. The normalized spacial score (nSPS) is 32.5. The first kappa shape index (κ1) is 14.7. The molecule has 0 aromatic carbocycles. The predicted molar refractivity (Wildman–Crippen MR) is 86.7 cm³/mol. The van der Waals surface area contributed by atoms with Gasteiger partial charge in [-0.15, -0.1) is 0 Å². The lowest BCUT2D eigenvalue weighted by Gasteiger charge is -2.40. The quantitative estimate of drug-likeness (QED) is 0.925. The Morgan fingerprint density at radius 3 is 3.00 bits per heavy atom. The van der Waals surface area contributed by atoms with E-state index in [-0.39, 0.29) is 17.9 Å². The van der Waals surface area contributed by atoms with Crippen molar-refractivity contribution in [2.45, 2.75) is 44.4 Å². The summed E-state index contributed by atoms with van der Waals surface area (Å²) in [5, 5.41) is 7.58. The molecule has 2 saturated heterocycles. The summed E-state index contributed by atoms with van der Waals surface area (Å²) in [6, 6.07) is 2.61. The number of fused-ring (bicyclic) bond motifs is 1. The minimum atomic E-state index is 0.0977. The van der Waals surface area contributed by atoms with Crippen molar-refractivity contribution in [3.8, 4) is 0 Å². The second kappa shape index (κ2) is 6.30. The lowest BCUT2D eigenvalue weighted by Crippen LogP contribution is -2.54. The Bertz CT molecular complexity index is 515. The van der Waals surface area contributed by atoms with E-state index in [9.17, 15) is 4.79 Å². The van der Waals surface area contributed by atoms with Crippen LogP contribution in [0.4, 0.5) is 0 Å². The van der Waals surface area contributed by atoms with Gasteiger partial charge in [-0.25, -0.2) is 0 Å². The van der Waals surface area contributed by atoms with E-state index in [1.807, 2.05) is 0 Å². The van der Waals surface area contributed by atoms with E-state index in [1.54, 1.807) is 11.3 Å². The van der Waals surface area contributed by atoms with E-state index in [0.717, 1.165) is 45.5 Å². The molecular formula is C17H24N2O2S. The number of rotatable bonds is 4. The highest BCUT2D eigenvalue weighted by Crippen LogP contribution is 2.35. The number of ether oxygens (including phenoxy) is 1. The Labute approximate surface area is 135 Å². The van der Waals surface area contributed by atoms with Crippen LogP contribution in [0.1, 0.15) is 31.2 Å². The van der Waals surface area contributed by atoms with E-state index in [0.29, 0.717) is 12.0 Å². The van der Waals surface area contributed by atoms with Gasteiger partial charge >= 0.3 is 0 Å². The molecule has 3 fully saturated rings. The molecule has 0 spiro atoms. The van der Waals surface area contributed by atoms with Crippen molar-refractivity contribution < 1.29 is 9.53 Å². The molecule has 0 unspecified atom stereocenters. The van der Waals surface area contributed by atoms with Gasteiger partial charge in [0.25, 0.3) is 0 Å². The zero-order chi connectivity index (χ0) is 14.9. The van der Waals surface area contributed by atoms with Crippen molar-refractivity contribution >= 4 is 17.2 Å². The topological polar surface area (TPSA) is 41.6 Å². The lowest BCUT2D eigenvalue weighted by atomic mass is 9.81. The maximum absolute atomic E-state index is 12.7. The van der Waals surface area contributed by atoms with Gasteiger partial charge in [-0.2, -0.15) is 11.3 Å². The molecule has 4 rings (SSSR count). The minimum absolute atomic E-state index is 0.0977. The smallest absolute Gasteiger partial charge is 0.225 e. The highest BCUT2D eigenvalue weighted by Gasteiger charge is 2.44. The molecular weight excluding hydrogens is 296 g/mol. The van der Waals surface area contributed by atoms with Crippen LogP contribution in [0.25, 0.3) is 0 Å². The first-order valence-corrected chi connectivity index (χ1v) is 9.39. The molecule has 2 aliphatic heterocycles. The van der Waals surface area contributed by atoms with Crippen molar-refractivity contribution in [3.05, 3.63) is 22.4 Å². The van der Waals surface area contributed by atoms with Crippen LogP contribution in [0, 0.1) is 11.8 Å². The molecule has 1 amide bonds. The second-order valence-electron chi connectivity index (χ2n) is 6.93. The highest BCUT2D eigenvalue weighted by molar-refractivity contribution is 7.07. The number of hydrogen-bond acceptors (Lipinski definition) is 4. The van der Waals surface area contributed by atoms with Crippen LogP contribution < -0.4 is 5.32 Å². The summed E-state index contributed by atoms with van der Waals surface area (Å²) in [6.45, 7) is 3.59. The summed E-state index contributed by atoms with van der Waals surface area (Å²) < 4.78 is 5.91. The molecule has 3 aliphatic rings. The zero-order valence-electron chi connectivity index (χ0n) is 12.9. The van der Waals surface area contributed by atoms with Crippen molar-refractivity contribution in [2.75, 3.05) is 19.7 Å². The van der Waals surface area contributed by atoms with Crippen LogP contribution in [0.3, 0.4) is 0 Å². The number of nitrogens with one attached hydrogen (secondary N) is 1. The average molecular weight is 320 g/mol. The molecule has 1 aromatic rings. The Balaban J connectivity index is 1.44. The molecule has 3 heterocycles. The first-order valence-electron chi connectivity index (χ1n) is 8.45. The molecule has 0 radical (unpaired) electrons. The molecule has 0 bridgehead atoms. The number of amides is 1. The monoisotopic (exact) mass is 320 g/mol. The van der Waals surface area contributed by atoms with E-state index in [1.165, 1.54) is 12.0 Å². The molecule has 1 aliphatic carbocycles. The summed E-state index contributed by atoms with van der Waals surface area (Å²) in [5.74, 6) is 0.777. The Morgan fingerprint density at radius 2 is 2.27 bits per heavy atom. The minimum Gasteiger partial charge on any atom is -0.377 e. The number of hydrogen-bond donors (Lipinski definition) is 1. The van der Waals surface area contributed by atoms with Gasteiger partial charge < -0.3 is 10.1 Å². The van der Waals surface area contributed by atoms with Gasteiger partial charge in [0.2, 0.25) is 5.91 Å². The number of carbonyl (C=O) groups excluding carboxylic acids is 1. The van der Waals surface area contributed by atoms with Gasteiger partial charge in [0.05, 0.1) is 12.0 Å². The number of nitrogens with zero attached hydrogens (tertiary/aromatic N) is 1. The third-order valence-corrected chi connectivity index (χ3v) is 6.18. The predicted octanol–water partition coefficient (Wildman–Crippen LogP) is 2.25. The van der Waals surface area contributed by atoms with Gasteiger partial charge in [-0.3, -0.25) is 9.69 Å². The Morgan fingerprint density at radius 1 is 1.36 bits per heavy atom. The fourth-order valence-corrected chi connectivity index (χ4v) is 4.62. The van der Waals surface area contributed by atoms with E-state index in [4.69, 9.17) is 4.74 Å². The average Bonchev–Trinajstić information content (AvgIpc) is 3.12. The molecule has 1 saturated carbocycles. The summed E-state index contributed by atoms with van der Waals surface area (Å²) in [4.78, 5) is 15.1. The molecule has 4 nitrogen and oxygen atoms in total. The van der Waals surface area contributed by atoms with Crippen molar-refractivity contribution in [3.63, 3.8) is 0 Å². The number of thiophene rings is 1. The summed E-state index contributed by atoms with van der Waals surface area (Å²) in [5.41, 5.74) is 1.35. The first-order chi connectivity index (χ1) is 10.8. The van der Waals surface area contributed by atoms with Gasteiger partial charge in [-0.1, -0.05) is 0 Å². The fraction of sp³-hybridized carbons (Fsp3) is 0.706. The highest BCUT2D eigenvalue weighted by atomic mass is 32.1. The van der Waals surface area contributed by atoms with Gasteiger partial charge in [0, 0.05) is 38.2 Å². The van der Waals surface area contributed by atoms with Gasteiger partial charge in [0.15, 0.2) is 0 Å². The van der Waals surface area contributed by atoms with E-state index in [2.05, 4.69) is 27.0 Å². The van der Waals surface area contributed by atoms with Crippen LogP contribution in [-0.2, 0) is 16.1 Å². The number of piperidine rings is 1. The third kappa shape index (κ3) is 2.94. The maximum atomic E-state index is 12.7. The van der Waals surface area contributed by atoms with Crippen molar-refractivity contribution in [2.24, 2.45) is 11.8 Å². The molecule has 120 valence electrons. The van der Waals surface area contributed by atoms with Crippen LogP contribution in [0.5, 0.6) is 0 Å². The Kier molecular flexibility index (Phi) is 4.20. The summed E-state index contributed by atoms with van der Waals surface area (Å²) in [6.07, 6.45) is 4.85. The summed E-state index contributed by atoms with van der Waals surface area (Å²) >= 11 is 1.74. The van der Waals surface area contributed by atoms with Crippen LogP contribution in [-0.4, -0.2) is 42.6 Å². The maximum Gasteiger partial charge on any atom is 0.225 e. The van der Waals surface area contributed by atoms with E-state index < -0.39 is 0 Å². The molecule has 22 heavy (non-hydrogen) atoms. The third-order valence-electron chi connectivity index (χ3n) is 5.45. The standard InChI is InChI=1S/C17H24N2O2S/c20-17(18-13-2-1-3-13)15-9-19(8-12-5-7-22-11-12)10-16-14(15)4-6-21-16/h5,7,11,13-16H,1-4,6,8-10H2,(H,18,20)/t14-,15+,16+/m0/s1. The van der Waals surface area contributed by atoms with Crippen LogP contribution in [0.15, 0.2) is 16.8 Å². The number of likely N-dealkylation sites (tertiary alicyclic amines) is 1. The molecule has 1 aromatic heterocycles. The van der Waals surface area contributed by atoms with Crippen molar-refractivity contribution in [1.82, 2.24) is 10.2 Å². The summed E-state index contributed by atoms with van der Waals surface area (Å²) in [7, 11) is 0. The van der Waals surface area contributed by atoms with Gasteiger partial charge in [-0.05, 0) is 48.1 Å². The van der Waals surface area contributed by atoms with E-state index >= 15 is 0 Å². The fourth-order valence-electron chi connectivity index (χ4n) is 3.96. The molecule has 3 atom stereocenters. The number of carbonyl (C=O) groups is 1. The van der Waals surface area contributed by atoms with Gasteiger partial charge in [0.1, 0.15) is 0 Å².